The number of hydrogen-bond donors (Lipinski definition) is 3. The third-order valence-electron chi connectivity index (χ3n) is 5.51. The summed E-state index contributed by atoms with van der Waals surface area (Å²) in [6.07, 6.45) is -5.36. The summed E-state index contributed by atoms with van der Waals surface area (Å²) in [7, 11) is 0. The molecular weight excluding hydrogens is 487 g/mol. The molecule has 1 amide bonds. The van der Waals surface area contributed by atoms with Gasteiger partial charge in [-0.2, -0.15) is 18.4 Å². The van der Waals surface area contributed by atoms with E-state index in [-0.39, 0.29) is 18.7 Å². The molecule has 3 aromatic carbocycles. The van der Waals surface area contributed by atoms with Gasteiger partial charge in [0.25, 0.3) is 0 Å². The van der Waals surface area contributed by atoms with Crippen LogP contribution in [0.15, 0.2) is 66.7 Å². The number of nitriles is 1. The number of anilines is 1. The molecule has 0 aliphatic carbocycles. The predicted molar refractivity (Wildman–Crippen MR) is 131 cm³/mol. The van der Waals surface area contributed by atoms with Gasteiger partial charge >= 0.3 is 12.1 Å². The predicted octanol–water partition coefficient (Wildman–Crippen LogP) is 5.00. The number of hydrogen-bond acceptors (Lipinski definition) is 5. The van der Waals surface area contributed by atoms with Crippen LogP contribution in [0, 0.1) is 11.3 Å². The van der Waals surface area contributed by atoms with E-state index in [1.54, 1.807) is 6.07 Å². The SMILES string of the molecule is C[C@](N)(CC(=O)O)C(=O)Nc1cc(C#N)c(OCCc2ccc(-c3ccccc3)cc2)c(C(F)(F)F)c1. The molecule has 0 saturated heterocycles. The number of carboxylic acid groups (broad SMARTS) is 1. The van der Waals surface area contributed by atoms with Crippen LogP contribution in [0.4, 0.5) is 18.9 Å². The van der Waals surface area contributed by atoms with E-state index in [2.05, 4.69) is 5.32 Å². The molecule has 1 atom stereocenters. The fourth-order valence-corrected chi connectivity index (χ4v) is 3.58. The van der Waals surface area contributed by atoms with Gasteiger partial charge < -0.3 is 20.9 Å². The van der Waals surface area contributed by atoms with E-state index in [1.807, 2.05) is 54.6 Å². The number of nitrogens with one attached hydrogen (secondary N) is 1. The Morgan fingerprint density at radius 2 is 1.68 bits per heavy atom. The largest absolute Gasteiger partial charge is 0.491 e. The first-order valence-corrected chi connectivity index (χ1v) is 11.2. The van der Waals surface area contributed by atoms with E-state index < -0.39 is 46.9 Å². The summed E-state index contributed by atoms with van der Waals surface area (Å²) < 4.78 is 46.9. The Kier molecular flexibility index (Phi) is 8.20. The molecular formula is C27H24F3N3O4. The minimum Gasteiger partial charge on any atom is -0.491 e. The van der Waals surface area contributed by atoms with E-state index in [0.717, 1.165) is 29.7 Å². The average Bonchev–Trinajstić information content (AvgIpc) is 2.84. The zero-order valence-corrected chi connectivity index (χ0v) is 19.8. The van der Waals surface area contributed by atoms with Gasteiger partial charge in [0, 0.05) is 12.1 Å². The molecule has 7 nitrogen and oxygen atoms in total. The number of carbonyl (C=O) groups excluding carboxylic acids is 1. The molecule has 0 saturated carbocycles. The van der Waals surface area contributed by atoms with Crippen LogP contribution >= 0.6 is 0 Å². The van der Waals surface area contributed by atoms with Gasteiger partial charge in [0.05, 0.1) is 18.6 Å². The summed E-state index contributed by atoms with van der Waals surface area (Å²) in [4.78, 5) is 23.3. The van der Waals surface area contributed by atoms with Crippen molar-refractivity contribution in [2.24, 2.45) is 5.73 Å². The zero-order valence-electron chi connectivity index (χ0n) is 19.8. The fourth-order valence-electron chi connectivity index (χ4n) is 3.58. The molecule has 10 heteroatoms. The smallest absolute Gasteiger partial charge is 0.420 e. The third-order valence-corrected chi connectivity index (χ3v) is 5.51. The van der Waals surface area contributed by atoms with Gasteiger partial charge in [0.1, 0.15) is 22.9 Å². The fraction of sp³-hybridized carbons (Fsp3) is 0.222. The number of halogens is 3. The number of amides is 1. The number of carbonyl (C=O) groups is 2. The van der Waals surface area contributed by atoms with Crippen LogP contribution < -0.4 is 15.8 Å². The summed E-state index contributed by atoms with van der Waals surface area (Å²) >= 11 is 0. The molecule has 0 aliphatic heterocycles. The Hall–Kier alpha value is -4.36. The number of rotatable bonds is 9. The second kappa shape index (κ2) is 11.1. The number of ether oxygens (including phenoxy) is 1. The molecule has 0 radical (unpaired) electrons. The summed E-state index contributed by atoms with van der Waals surface area (Å²) in [5.74, 6) is -3.03. The highest BCUT2D eigenvalue weighted by Crippen LogP contribution is 2.40. The first-order chi connectivity index (χ1) is 17.4. The third kappa shape index (κ3) is 7.08. The van der Waals surface area contributed by atoms with Crippen molar-refractivity contribution in [1.82, 2.24) is 0 Å². The second-order valence-corrected chi connectivity index (χ2v) is 8.61. The van der Waals surface area contributed by atoms with Crippen molar-refractivity contribution in [3.05, 3.63) is 83.4 Å². The van der Waals surface area contributed by atoms with Crippen LogP contribution in [0.2, 0.25) is 0 Å². The maximum absolute atomic E-state index is 13.8. The highest BCUT2D eigenvalue weighted by atomic mass is 19.4. The molecule has 3 rings (SSSR count). The lowest BCUT2D eigenvalue weighted by atomic mass is 9.98. The molecule has 4 N–H and O–H groups in total. The molecule has 0 fully saturated rings. The van der Waals surface area contributed by atoms with E-state index >= 15 is 0 Å². The monoisotopic (exact) mass is 511 g/mol. The van der Waals surface area contributed by atoms with Gasteiger partial charge in [-0.1, -0.05) is 54.6 Å². The number of benzene rings is 3. The van der Waals surface area contributed by atoms with Crippen LogP contribution in [-0.2, 0) is 22.2 Å². The van der Waals surface area contributed by atoms with Crippen LogP contribution in [0.3, 0.4) is 0 Å². The molecule has 0 bridgehead atoms. The lowest BCUT2D eigenvalue weighted by Crippen LogP contribution is -2.50. The van der Waals surface area contributed by atoms with Crippen molar-refractivity contribution >= 4 is 17.6 Å². The molecule has 0 spiro atoms. The Bertz CT molecular complexity index is 1320. The highest BCUT2D eigenvalue weighted by molar-refractivity contribution is 6.00. The van der Waals surface area contributed by atoms with E-state index in [4.69, 9.17) is 15.6 Å². The molecule has 37 heavy (non-hydrogen) atoms. The lowest BCUT2D eigenvalue weighted by Gasteiger charge is -2.22. The number of carboxylic acids is 1. The second-order valence-electron chi connectivity index (χ2n) is 8.61. The topological polar surface area (TPSA) is 125 Å². The van der Waals surface area contributed by atoms with Crippen LogP contribution in [0.5, 0.6) is 5.75 Å². The van der Waals surface area contributed by atoms with Gasteiger partial charge in [-0.25, -0.2) is 0 Å². The first kappa shape index (κ1) is 27.2. The minimum absolute atomic E-state index is 0.131. The van der Waals surface area contributed by atoms with E-state index in [9.17, 15) is 28.0 Å². The summed E-state index contributed by atoms with van der Waals surface area (Å²) in [6, 6.07) is 20.5. The van der Waals surface area contributed by atoms with Crippen molar-refractivity contribution in [2.45, 2.75) is 31.5 Å². The summed E-state index contributed by atoms with van der Waals surface area (Å²) in [5, 5.41) is 20.6. The highest BCUT2D eigenvalue weighted by Gasteiger charge is 2.37. The lowest BCUT2D eigenvalue weighted by molar-refractivity contribution is -0.140. The molecule has 0 aliphatic rings. The van der Waals surface area contributed by atoms with Crippen molar-refractivity contribution in [1.29, 1.82) is 5.26 Å². The van der Waals surface area contributed by atoms with Crippen molar-refractivity contribution < 1.29 is 32.6 Å². The van der Waals surface area contributed by atoms with Gasteiger partial charge in [-0.3, -0.25) is 9.59 Å². The molecule has 3 aromatic rings. The quantitative estimate of drug-likeness (QED) is 0.371. The molecule has 192 valence electrons. The van der Waals surface area contributed by atoms with Gasteiger partial charge in [0.2, 0.25) is 5.91 Å². The van der Waals surface area contributed by atoms with Crippen molar-refractivity contribution in [2.75, 3.05) is 11.9 Å². The minimum atomic E-state index is -4.90. The molecule has 0 aromatic heterocycles. The normalized spacial score (nSPS) is 12.8. The van der Waals surface area contributed by atoms with Crippen LogP contribution in [-0.4, -0.2) is 29.1 Å². The molecule has 0 heterocycles. The number of nitrogens with two attached hydrogens (primary N) is 1. The van der Waals surface area contributed by atoms with E-state index in [0.29, 0.717) is 6.07 Å². The van der Waals surface area contributed by atoms with Gasteiger partial charge in [-0.05, 0) is 35.7 Å². The van der Waals surface area contributed by atoms with Crippen LogP contribution in [0.25, 0.3) is 11.1 Å². The zero-order chi connectivity index (χ0) is 27.2. The van der Waals surface area contributed by atoms with Gasteiger partial charge in [0.15, 0.2) is 0 Å². The maximum atomic E-state index is 13.8. The number of nitrogens with zero attached hydrogens (tertiary/aromatic N) is 1. The first-order valence-electron chi connectivity index (χ1n) is 11.2. The Morgan fingerprint density at radius 3 is 2.24 bits per heavy atom. The number of alkyl halides is 3. The van der Waals surface area contributed by atoms with E-state index in [1.165, 1.54) is 0 Å². The summed E-state index contributed by atoms with van der Waals surface area (Å²) in [6.45, 7) is 1.00. The van der Waals surface area contributed by atoms with Gasteiger partial charge in [-0.15, -0.1) is 0 Å². The standard InChI is InChI=1S/C27H24F3N3O4/c1-26(32,15-23(34)35)25(36)33-21-13-20(16-31)24(22(14-21)27(28,29)30)37-12-11-17-7-9-19(10-8-17)18-5-3-2-4-6-18/h2-10,13-14H,11-12,15,32H2,1H3,(H,33,36)(H,34,35)/t26-/m0/s1. The summed E-state index contributed by atoms with van der Waals surface area (Å²) in [5.41, 5.74) is 4.60. The Balaban J connectivity index is 1.78. The average molecular weight is 512 g/mol. The Morgan fingerprint density at radius 1 is 1.05 bits per heavy atom. The maximum Gasteiger partial charge on any atom is 0.420 e. The number of aliphatic carboxylic acids is 1. The van der Waals surface area contributed by atoms with Crippen molar-refractivity contribution in [3.63, 3.8) is 0 Å². The Labute approximate surface area is 211 Å². The van der Waals surface area contributed by atoms with Crippen LogP contribution in [0.1, 0.15) is 30.0 Å². The van der Waals surface area contributed by atoms with Crippen molar-refractivity contribution in [3.8, 4) is 22.9 Å². The molecule has 0 unspecified atom stereocenters.